The van der Waals surface area contributed by atoms with Gasteiger partial charge in [-0.1, -0.05) is 33.3 Å². The molecule has 7 aliphatic heterocycles. The summed E-state index contributed by atoms with van der Waals surface area (Å²) in [7, 11) is 0. The number of nitrogens with zero attached hydrogens (tertiary/aromatic N) is 8. The number of morpholine rings is 2. The third kappa shape index (κ3) is 13.5. The molecule has 7 heterocycles. The lowest BCUT2D eigenvalue weighted by Gasteiger charge is -2.36. The average molecular weight is 989 g/mol. The molecule has 0 bridgehead atoms. The molecule has 7 amide bonds. The van der Waals surface area contributed by atoms with Gasteiger partial charge in [0.1, 0.15) is 0 Å². The Morgan fingerprint density at radius 1 is 0.500 bits per heavy atom. The zero-order valence-corrected chi connectivity index (χ0v) is 39.1. The van der Waals surface area contributed by atoms with Crippen LogP contribution in [0.3, 0.4) is 0 Å². The van der Waals surface area contributed by atoms with Crippen LogP contribution in [-0.4, -0.2) is 183 Å². The standard InChI is InChI=1S/C20H25ClN4O5.C15H22ClN3O.C9H8N2O7/c21-16-1-2-17(23-9-11-29-12-10-23)15(13-16)14-22-5-7-24(8-6-22)20(28)30-25-18(26)3-4-19(25)27;16-14-1-2-15(19-7-9-20-10-8-19)13(11-14)12-18-5-3-17-4-6-18;12-5-1-2-6(13)10(5)17-9(16)18-11-7(14)3-4-8(11)15/h1-2,13H,3-12,14H2;1-2,11,17H,3-10,12H2;1-4H2. The number of anilines is 2. The van der Waals surface area contributed by atoms with Gasteiger partial charge in [0.25, 0.3) is 35.4 Å². The lowest BCUT2D eigenvalue weighted by atomic mass is 10.1. The number of hydrogen-bond acceptors (Lipinski definition) is 18. The van der Waals surface area contributed by atoms with E-state index in [0.717, 1.165) is 94.9 Å². The molecule has 0 spiro atoms. The number of benzene rings is 2. The molecule has 1 N–H and O–H groups in total. The van der Waals surface area contributed by atoms with E-state index in [1.54, 1.807) is 0 Å². The summed E-state index contributed by atoms with van der Waals surface area (Å²) < 4.78 is 10.9. The van der Waals surface area contributed by atoms with Crippen molar-refractivity contribution < 1.29 is 62.3 Å². The summed E-state index contributed by atoms with van der Waals surface area (Å²) in [4.78, 5) is 116. The van der Waals surface area contributed by atoms with E-state index in [0.29, 0.717) is 49.5 Å². The molecule has 68 heavy (non-hydrogen) atoms. The summed E-state index contributed by atoms with van der Waals surface area (Å²) in [5.74, 6) is -3.67. The lowest BCUT2D eigenvalue weighted by molar-refractivity contribution is -0.198. The molecule has 0 atom stereocenters. The number of carbonyl (C=O) groups is 8. The van der Waals surface area contributed by atoms with Gasteiger partial charge in [0.2, 0.25) is 0 Å². The number of hydroxylamine groups is 6. The Morgan fingerprint density at radius 2 is 0.868 bits per heavy atom. The second-order valence-corrected chi connectivity index (χ2v) is 17.4. The predicted molar refractivity (Wildman–Crippen MR) is 241 cm³/mol. The molecular weight excluding hydrogens is 933 g/mol. The first-order chi connectivity index (χ1) is 32.8. The van der Waals surface area contributed by atoms with Crippen molar-refractivity contribution in [3.05, 3.63) is 57.6 Å². The van der Waals surface area contributed by atoms with Crippen molar-refractivity contribution in [3.8, 4) is 0 Å². The van der Waals surface area contributed by atoms with E-state index >= 15 is 0 Å². The summed E-state index contributed by atoms with van der Waals surface area (Å²) in [6, 6.07) is 12.2. The average Bonchev–Trinajstić information content (AvgIpc) is 3.96. The van der Waals surface area contributed by atoms with Crippen LogP contribution in [0.4, 0.5) is 21.0 Å². The predicted octanol–water partition coefficient (Wildman–Crippen LogP) is 2.34. The lowest BCUT2D eigenvalue weighted by Crippen LogP contribution is -2.50. The van der Waals surface area contributed by atoms with E-state index in [-0.39, 0.29) is 48.7 Å². The summed E-state index contributed by atoms with van der Waals surface area (Å²) in [5.41, 5.74) is 4.96. The normalized spacial score (nSPS) is 20.6. The smallest absolute Gasteiger partial charge is 0.378 e. The molecule has 7 saturated heterocycles. The van der Waals surface area contributed by atoms with Gasteiger partial charge in [0.15, 0.2) is 0 Å². The number of rotatable bonds is 9. The van der Waals surface area contributed by atoms with Crippen LogP contribution in [0.2, 0.25) is 10.0 Å². The molecule has 0 aromatic heterocycles. The van der Waals surface area contributed by atoms with Crippen molar-refractivity contribution in [2.24, 2.45) is 0 Å². The Balaban J connectivity index is 0.000000158. The number of hydrogen-bond donors (Lipinski definition) is 1. The molecule has 22 nitrogen and oxygen atoms in total. The number of nitrogens with one attached hydrogen (secondary N) is 1. The first-order valence-corrected chi connectivity index (χ1v) is 23.4. The Hall–Kier alpha value is -5.62. The second kappa shape index (κ2) is 24.1. The summed E-state index contributed by atoms with van der Waals surface area (Å²) in [6.07, 6.45) is -2.21. The van der Waals surface area contributed by atoms with Crippen LogP contribution >= 0.6 is 23.2 Å². The fourth-order valence-corrected chi connectivity index (χ4v) is 8.69. The first-order valence-electron chi connectivity index (χ1n) is 22.6. The van der Waals surface area contributed by atoms with Gasteiger partial charge in [-0.05, 0) is 47.5 Å². The molecule has 0 unspecified atom stereocenters. The molecule has 24 heteroatoms. The Kier molecular flexibility index (Phi) is 17.8. The van der Waals surface area contributed by atoms with Crippen molar-refractivity contribution >= 4 is 82.3 Å². The maximum absolute atomic E-state index is 12.3. The highest BCUT2D eigenvalue weighted by Crippen LogP contribution is 2.29. The third-order valence-electron chi connectivity index (χ3n) is 11.9. The molecule has 0 saturated carbocycles. The van der Waals surface area contributed by atoms with Crippen molar-refractivity contribution in [1.29, 1.82) is 0 Å². The second-order valence-electron chi connectivity index (χ2n) is 16.6. The van der Waals surface area contributed by atoms with Gasteiger partial charge >= 0.3 is 12.2 Å². The largest absolute Gasteiger partial charge is 0.560 e. The van der Waals surface area contributed by atoms with Crippen molar-refractivity contribution in [2.45, 2.75) is 51.6 Å². The molecule has 368 valence electrons. The minimum absolute atomic E-state index is 0.0618. The monoisotopic (exact) mass is 987 g/mol. The van der Waals surface area contributed by atoms with E-state index in [1.807, 2.05) is 18.2 Å². The summed E-state index contributed by atoms with van der Waals surface area (Å²) in [5, 5.41) is 6.03. The van der Waals surface area contributed by atoms with Crippen LogP contribution in [-0.2, 0) is 65.8 Å². The molecule has 9 rings (SSSR count). The van der Waals surface area contributed by atoms with Gasteiger partial charge in [-0.3, -0.25) is 48.2 Å². The molecule has 7 fully saturated rings. The number of amides is 7. The molecule has 2 aromatic rings. The highest BCUT2D eigenvalue weighted by atomic mass is 35.5. The molecule has 7 aliphatic rings. The number of ether oxygens (including phenoxy) is 2. The SMILES string of the molecule is Clc1ccc(N2CCOCC2)c(CN2CCNCC2)c1.O=C(ON1C(=O)CCC1=O)N1CCN(Cc2cc(Cl)ccc2N2CCOCC2)CC1.O=C(ON1C(=O)CCC1=O)ON1C(=O)CCC1=O. The Morgan fingerprint density at radius 3 is 1.26 bits per heavy atom. The van der Waals surface area contributed by atoms with E-state index in [9.17, 15) is 38.4 Å². The number of halogens is 2. The number of carbonyl (C=O) groups excluding carboxylic acids is 8. The third-order valence-corrected chi connectivity index (χ3v) is 12.4. The van der Waals surface area contributed by atoms with Gasteiger partial charge in [-0.15, -0.1) is 5.06 Å². The summed E-state index contributed by atoms with van der Waals surface area (Å²) in [6.45, 7) is 15.0. The van der Waals surface area contributed by atoms with Crippen molar-refractivity contribution in [2.75, 3.05) is 115 Å². The van der Waals surface area contributed by atoms with E-state index in [4.69, 9.17) is 37.5 Å². The van der Waals surface area contributed by atoms with Gasteiger partial charge in [0.05, 0.1) is 26.4 Å². The molecule has 0 aliphatic carbocycles. The zero-order chi connectivity index (χ0) is 48.2. The fourth-order valence-electron chi connectivity index (χ4n) is 8.30. The zero-order valence-electron chi connectivity index (χ0n) is 37.6. The van der Waals surface area contributed by atoms with E-state index in [1.165, 1.54) is 16.2 Å². The molecular formula is C44H55Cl2N9O13. The van der Waals surface area contributed by atoms with Crippen LogP contribution in [0.25, 0.3) is 0 Å². The molecule has 0 radical (unpaired) electrons. The van der Waals surface area contributed by atoms with Crippen LogP contribution < -0.4 is 15.1 Å². The van der Waals surface area contributed by atoms with Crippen LogP contribution in [0, 0.1) is 0 Å². The quantitative estimate of drug-likeness (QED) is 0.357. The molecule has 2 aromatic carbocycles. The van der Waals surface area contributed by atoms with Crippen molar-refractivity contribution in [3.63, 3.8) is 0 Å². The van der Waals surface area contributed by atoms with Gasteiger partial charge in [0, 0.05) is 152 Å². The van der Waals surface area contributed by atoms with E-state index in [2.05, 4.69) is 52.8 Å². The van der Waals surface area contributed by atoms with Gasteiger partial charge < -0.3 is 34.3 Å². The number of imide groups is 3. The Bertz CT molecular complexity index is 2110. The first kappa shape index (κ1) is 50.3. The summed E-state index contributed by atoms with van der Waals surface area (Å²) >= 11 is 12.5. The van der Waals surface area contributed by atoms with Crippen LogP contribution in [0.5, 0.6) is 0 Å². The maximum Gasteiger partial charge on any atom is 0.560 e. The van der Waals surface area contributed by atoms with Gasteiger partial charge in [-0.25, -0.2) is 4.79 Å². The topological polar surface area (TPSA) is 221 Å². The van der Waals surface area contributed by atoms with Gasteiger partial charge in [-0.2, -0.15) is 4.79 Å². The number of piperazine rings is 2. The fraction of sp³-hybridized carbons (Fsp3) is 0.545. The van der Waals surface area contributed by atoms with Crippen molar-refractivity contribution in [1.82, 2.24) is 35.2 Å². The highest BCUT2D eigenvalue weighted by molar-refractivity contribution is 6.31. The maximum atomic E-state index is 12.3. The van der Waals surface area contributed by atoms with Crippen LogP contribution in [0.1, 0.15) is 49.7 Å². The Labute approximate surface area is 402 Å². The van der Waals surface area contributed by atoms with Crippen LogP contribution in [0.15, 0.2) is 36.4 Å². The minimum atomic E-state index is -1.48. The highest BCUT2D eigenvalue weighted by Gasteiger charge is 2.38. The minimum Gasteiger partial charge on any atom is -0.378 e. The van der Waals surface area contributed by atoms with E-state index < -0.39 is 47.7 Å².